The highest BCUT2D eigenvalue weighted by Gasteiger charge is 2.53. The van der Waals surface area contributed by atoms with Crippen LogP contribution < -0.4 is 4.90 Å². The Bertz CT molecular complexity index is 742. The molecule has 0 amide bonds. The van der Waals surface area contributed by atoms with E-state index in [9.17, 15) is 4.79 Å². The van der Waals surface area contributed by atoms with Crippen LogP contribution in [0.1, 0.15) is 34.5 Å². The monoisotopic (exact) mass is 299 g/mol. The molecule has 0 bridgehead atoms. The summed E-state index contributed by atoms with van der Waals surface area (Å²) in [4.78, 5) is 22.1. The number of carboxylic acids is 1. The van der Waals surface area contributed by atoms with Crippen molar-refractivity contribution in [3.8, 4) is 0 Å². The Balaban J connectivity index is 1.48. The van der Waals surface area contributed by atoms with Crippen LogP contribution in [0, 0.1) is 12.3 Å². The third-order valence-electron chi connectivity index (χ3n) is 4.57. The second-order valence-electron chi connectivity index (χ2n) is 6.37. The predicted octanol–water partition coefficient (Wildman–Crippen LogP) is 1.33. The molecule has 4 rings (SSSR count). The number of aromatic carboxylic acids is 1. The van der Waals surface area contributed by atoms with Gasteiger partial charge in [0.15, 0.2) is 0 Å². The van der Waals surface area contributed by atoms with E-state index in [1.54, 1.807) is 4.68 Å². The Kier molecular flexibility index (Phi) is 2.72. The van der Waals surface area contributed by atoms with Gasteiger partial charge in [-0.25, -0.2) is 14.8 Å². The molecule has 1 saturated heterocycles. The molecule has 2 fully saturated rings. The fourth-order valence-corrected chi connectivity index (χ4v) is 2.92. The van der Waals surface area contributed by atoms with Crippen molar-refractivity contribution in [2.45, 2.75) is 26.3 Å². The molecule has 0 aromatic carbocycles. The largest absolute Gasteiger partial charge is 0.478 e. The zero-order valence-electron chi connectivity index (χ0n) is 12.4. The maximum atomic E-state index is 10.9. The number of rotatable bonds is 4. The molecule has 1 aliphatic heterocycles. The highest BCUT2D eigenvalue weighted by Crippen LogP contribution is 2.53. The van der Waals surface area contributed by atoms with Crippen molar-refractivity contribution < 1.29 is 9.90 Å². The molecular weight excluding hydrogens is 282 g/mol. The SMILES string of the molecule is Cc1nc(N2CC3(CC3)C2)ncc1Cn1cc(C(=O)O)cn1. The van der Waals surface area contributed by atoms with Crippen LogP contribution in [-0.2, 0) is 6.54 Å². The molecule has 7 nitrogen and oxygen atoms in total. The van der Waals surface area contributed by atoms with E-state index < -0.39 is 5.97 Å². The molecule has 2 aliphatic rings. The summed E-state index contributed by atoms with van der Waals surface area (Å²) in [6.07, 6.45) is 7.36. The third kappa shape index (κ3) is 2.22. The summed E-state index contributed by atoms with van der Waals surface area (Å²) in [6, 6.07) is 0. The quantitative estimate of drug-likeness (QED) is 0.917. The molecule has 0 radical (unpaired) electrons. The summed E-state index contributed by atoms with van der Waals surface area (Å²) in [6.45, 7) is 4.58. The van der Waals surface area contributed by atoms with Gasteiger partial charge in [-0.2, -0.15) is 5.10 Å². The van der Waals surface area contributed by atoms with Crippen molar-refractivity contribution in [1.29, 1.82) is 0 Å². The van der Waals surface area contributed by atoms with Gasteiger partial charge in [0.25, 0.3) is 0 Å². The first kappa shape index (κ1) is 13.2. The normalized spacial score (nSPS) is 18.3. The van der Waals surface area contributed by atoms with Crippen LogP contribution in [0.5, 0.6) is 0 Å². The first-order valence-electron chi connectivity index (χ1n) is 7.38. The van der Waals surface area contributed by atoms with Gasteiger partial charge in [-0.1, -0.05) is 0 Å². The molecule has 22 heavy (non-hydrogen) atoms. The lowest BCUT2D eigenvalue weighted by atomic mass is 9.98. The number of carbonyl (C=O) groups is 1. The zero-order chi connectivity index (χ0) is 15.3. The third-order valence-corrected chi connectivity index (χ3v) is 4.57. The molecule has 7 heteroatoms. The van der Waals surface area contributed by atoms with Crippen LogP contribution in [0.3, 0.4) is 0 Å². The number of aryl methyl sites for hydroxylation is 1. The van der Waals surface area contributed by atoms with E-state index in [0.29, 0.717) is 12.0 Å². The van der Waals surface area contributed by atoms with Crippen molar-refractivity contribution in [2.75, 3.05) is 18.0 Å². The first-order valence-corrected chi connectivity index (χ1v) is 7.38. The fourth-order valence-electron chi connectivity index (χ4n) is 2.92. The van der Waals surface area contributed by atoms with Gasteiger partial charge in [-0.15, -0.1) is 0 Å². The van der Waals surface area contributed by atoms with Gasteiger partial charge in [0.1, 0.15) is 0 Å². The van der Waals surface area contributed by atoms with Crippen LogP contribution in [0.4, 0.5) is 5.95 Å². The molecule has 1 spiro atoms. The van der Waals surface area contributed by atoms with Gasteiger partial charge in [-0.3, -0.25) is 4.68 Å². The minimum atomic E-state index is -0.971. The summed E-state index contributed by atoms with van der Waals surface area (Å²) in [5, 5.41) is 13.0. The lowest BCUT2D eigenvalue weighted by molar-refractivity contribution is 0.0697. The smallest absolute Gasteiger partial charge is 0.338 e. The van der Waals surface area contributed by atoms with E-state index in [-0.39, 0.29) is 5.56 Å². The van der Waals surface area contributed by atoms with Crippen molar-refractivity contribution in [3.63, 3.8) is 0 Å². The lowest BCUT2D eigenvalue weighted by Crippen LogP contribution is -2.49. The van der Waals surface area contributed by atoms with Crippen LogP contribution in [0.15, 0.2) is 18.6 Å². The van der Waals surface area contributed by atoms with Crippen LogP contribution in [-0.4, -0.2) is 43.9 Å². The van der Waals surface area contributed by atoms with Crippen molar-refractivity contribution in [3.05, 3.63) is 35.4 Å². The Morgan fingerprint density at radius 2 is 2.14 bits per heavy atom. The molecule has 0 atom stereocenters. The van der Waals surface area contributed by atoms with Gasteiger partial charge >= 0.3 is 5.97 Å². The molecule has 0 unspecified atom stereocenters. The maximum Gasteiger partial charge on any atom is 0.338 e. The Morgan fingerprint density at radius 3 is 2.73 bits per heavy atom. The standard InChI is InChI=1S/C15H17N5O2/c1-10-11(6-20-7-12(5-17-20)13(21)22)4-16-14(18-10)19-8-15(9-19)2-3-15/h4-5,7H,2-3,6,8-9H2,1H3,(H,21,22). The molecule has 3 heterocycles. The second kappa shape index (κ2) is 4.53. The molecule has 1 N–H and O–H groups in total. The average molecular weight is 299 g/mol. The van der Waals surface area contributed by atoms with Gasteiger partial charge in [-0.05, 0) is 19.8 Å². The minimum Gasteiger partial charge on any atom is -0.478 e. The molecular formula is C15H17N5O2. The van der Waals surface area contributed by atoms with E-state index in [1.165, 1.54) is 25.2 Å². The Morgan fingerprint density at radius 1 is 1.36 bits per heavy atom. The average Bonchev–Trinajstić information content (AvgIpc) is 3.11. The molecule has 114 valence electrons. The Hall–Kier alpha value is -2.44. The predicted molar refractivity (Wildman–Crippen MR) is 78.9 cm³/mol. The Labute approximate surface area is 127 Å². The lowest BCUT2D eigenvalue weighted by Gasteiger charge is -2.40. The fraction of sp³-hybridized carbons (Fsp3) is 0.467. The number of hydrogen-bond donors (Lipinski definition) is 1. The second-order valence-corrected chi connectivity index (χ2v) is 6.37. The van der Waals surface area contributed by atoms with E-state index in [1.807, 2.05) is 13.1 Å². The number of aromatic nitrogens is 4. The highest BCUT2D eigenvalue weighted by molar-refractivity contribution is 5.86. The zero-order valence-corrected chi connectivity index (χ0v) is 12.4. The van der Waals surface area contributed by atoms with Gasteiger partial charge in [0.05, 0.1) is 18.3 Å². The summed E-state index contributed by atoms with van der Waals surface area (Å²) >= 11 is 0. The number of hydrogen-bond acceptors (Lipinski definition) is 5. The van der Waals surface area contributed by atoms with Crippen LogP contribution in [0.2, 0.25) is 0 Å². The first-order chi connectivity index (χ1) is 10.5. The maximum absolute atomic E-state index is 10.9. The molecule has 2 aromatic heterocycles. The van der Waals surface area contributed by atoms with Crippen molar-refractivity contribution in [1.82, 2.24) is 19.7 Å². The van der Waals surface area contributed by atoms with Gasteiger partial charge < -0.3 is 10.0 Å². The highest BCUT2D eigenvalue weighted by atomic mass is 16.4. The topological polar surface area (TPSA) is 84.1 Å². The summed E-state index contributed by atoms with van der Waals surface area (Å²) in [5.74, 6) is -0.174. The van der Waals surface area contributed by atoms with Crippen molar-refractivity contribution in [2.24, 2.45) is 5.41 Å². The summed E-state index contributed by atoms with van der Waals surface area (Å²) < 4.78 is 1.59. The molecule has 2 aromatic rings. The summed E-state index contributed by atoms with van der Waals surface area (Å²) in [5.41, 5.74) is 2.63. The minimum absolute atomic E-state index is 0.186. The van der Waals surface area contributed by atoms with Crippen LogP contribution >= 0.6 is 0 Å². The van der Waals surface area contributed by atoms with E-state index >= 15 is 0 Å². The number of nitrogens with zero attached hydrogens (tertiary/aromatic N) is 5. The van der Waals surface area contributed by atoms with Crippen LogP contribution in [0.25, 0.3) is 0 Å². The summed E-state index contributed by atoms with van der Waals surface area (Å²) in [7, 11) is 0. The van der Waals surface area contributed by atoms with E-state index in [2.05, 4.69) is 20.0 Å². The molecule has 1 aliphatic carbocycles. The van der Waals surface area contributed by atoms with Crippen molar-refractivity contribution >= 4 is 11.9 Å². The van der Waals surface area contributed by atoms with E-state index in [0.717, 1.165) is 30.3 Å². The number of carboxylic acid groups (broad SMARTS) is 1. The van der Waals surface area contributed by atoms with E-state index in [4.69, 9.17) is 5.11 Å². The van der Waals surface area contributed by atoms with Gasteiger partial charge in [0.2, 0.25) is 5.95 Å². The molecule has 1 saturated carbocycles. The number of anilines is 1. The van der Waals surface area contributed by atoms with Gasteiger partial charge in [0, 0.05) is 42.2 Å².